The van der Waals surface area contributed by atoms with Crippen LogP contribution in [0.3, 0.4) is 0 Å². The van der Waals surface area contributed by atoms with Crippen LogP contribution in [0, 0.1) is 0 Å². The van der Waals surface area contributed by atoms with Crippen LogP contribution in [0.4, 0.5) is 5.00 Å². The number of carbonyl (C=O) groups excluding carboxylic acids is 4. The molecule has 3 N–H and O–H groups in total. The van der Waals surface area contributed by atoms with E-state index in [-0.39, 0.29) is 34.0 Å². The van der Waals surface area contributed by atoms with Crippen molar-refractivity contribution in [2.24, 2.45) is 0 Å². The normalized spacial score (nSPS) is 18.0. The maximum absolute atomic E-state index is 14.0. The Hall–Kier alpha value is -3.29. The lowest BCUT2D eigenvalue weighted by molar-refractivity contribution is -0.129. The van der Waals surface area contributed by atoms with Crippen LogP contribution >= 0.6 is 11.3 Å². The second kappa shape index (κ2) is 13.8. The van der Waals surface area contributed by atoms with Gasteiger partial charge in [-0.1, -0.05) is 38.5 Å². The van der Waals surface area contributed by atoms with Gasteiger partial charge in [-0.05, 0) is 61.9 Å². The van der Waals surface area contributed by atoms with Gasteiger partial charge in [0.1, 0.15) is 5.00 Å². The van der Waals surface area contributed by atoms with Crippen molar-refractivity contribution in [1.82, 2.24) is 20.1 Å². The molecule has 238 valence electrons. The average Bonchev–Trinajstić information content (AvgIpc) is 3.38. The zero-order valence-electron chi connectivity index (χ0n) is 25.3. The second-order valence-corrected chi connectivity index (χ2v) is 14.9. The fourth-order valence-corrected chi connectivity index (χ4v) is 9.83. The van der Waals surface area contributed by atoms with Gasteiger partial charge in [0.15, 0.2) is 0 Å². The van der Waals surface area contributed by atoms with E-state index in [2.05, 4.69) is 16.2 Å². The van der Waals surface area contributed by atoms with E-state index in [4.69, 9.17) is 0 Å². The number of hydrogen-bond donors (Lipinski definition) is 3. The van der Waals surface area contributed by atoms with E-state index in [1.807, 2.05) is 0 Å². The van der Waals surface area contributed by atoms with Crippen LogP contribution in [-0.2, 0) is 32.6 Å². The Morgan fingerprint density at radius 2 is 1.43 bits per heavy atom. The summed E-state index contributed by atoms with van der Waals surface area (Å²) in [7, 11) is -3.76. The molecule has 1 aromatic heterocycles. The molecule has 1 aliphatic heterocycles. The van der Waals surface area contributed by atoms with Crippen LogP contribution in [0.15, 0.2) is 29.2 Å². The smallest absolute Gasteiger partial charge is 0.272 e. The highest BCUT2D eigenvalue weighted by Crippen LogP contribution is 2.38. The Morgan fingerprint density at radius 3 is 1.98 bits per heavy atom. The van der Waals surface area contributed by atoms with Crippen molar-refractivity contribution < 1.29 is 27.6 Å². The molecular weight excluding hydrogens is 603 g/mol. The molecular formula is C31H41N5O6S2. The molecule has 2 aromatic rings. The third kappa shape index (κ3) is 7.00. The maximum Gasteiger partial charge on any atom is 0.272 e. The summed E-state index contributed by atoms with van der Waals surface area (Å²) < 4.78 is 29.9. The number of fused-ring (bicyclic) bond motifs is 1. The molecule has 2 heterocycles. The summed E-state index contributed by atoms with van der Waals surface area (Å²) in [4.78, 5) is 52.5. The Balaban J connectivity index is 1.38. The van der Waals surface area contributed by atoms with Gasteiger partial charge in [-0.15, -0.1) is 11.3 Å². The molecule has 0 spiro atoms. The summed E-state index contributed by atoms with van der Waals surface area (Å²) >= 11 is 1.21. The van der Waals surface area contributed by atoms with Crippen LogP contribution in [0.5, 0.6) is 0 Å². The van der Waals surface area contributed by atoms with Gasteiger partial charge < -0.3 is 10.2 Å². The number of thiophene rings is 1. The molecule has 13 heteroatoms. The standard InChI is InChI=1S/C31H41N5O6S2/c1-20(37)33-34-30(40)28-26-17-18-35(21(2)38)19-27(26)43-31(28)32-29(39)22-13-15-25(16-14-22)44(41,42)36(23-9-5-3-6-10-23)24-11-7-4-8-12-24/h13-16,23-24H,3-12,17-19H2,1-2H3,(H,32,39)(H,33,37)(H,34,40). The first kappa shape index (κ1) is 32.1. The molecule has 11 nitrogen and oxygen atoms in total. The van der Waals surface area contributed by atoms with Crippen LogP contribution in [0.2, 0.25) is 0 Å². The fourth-order valence-electron chi connectivity index (χ4n) is 6.64. The van der Waals surface area contributed by atoms with E-state index in [0.717, 1.165) is 74.6 Å². The van der Waals surface area contributed by atoms with Gasteiger partial charge >= 0.3 is 0 Å². The number of carbonyl (C=O) groups is 4. The molecule has 2 aliphatic carbocycles. The summed E-state index contributed by atoms with van der Waals surface area (Å²) in [5.74, 6) is -1.60. The number of amides is 4. The largest absolute Gasteiger partial charge is 0.337 e. The molecule has 0 atom stereocenters. The van der Waals surface area contributed by atoms with Gasteiger partial charge in [-0.3, -0.25) is 30.0 Å². The predicted octanol–water partition coefficient (Wildman–Crippen LogP) is 4.34. The summed E-state index contributed by atoms with van der Waals surface area (Å²) in [6, 6.07) is 6.01. The first-order chi connectivity index (χ1) is 21.1. The highest BCUT2D eigenvalue weighted by molar-refractivity contribution is 7.89. The molecule has 44 heavy (non-hydrogen) atoms. The lowest BCUT2D eigenvalue weighted by atomic mass is 9.91. The number of sulfonamides is 1. The summed E-state index contributed by atoms with van der Waals surface area (Å²) in [5, 5.41) is 3.12. The maximum atomic E-state index is 14.0. The molecule has 1 aromatic carbocycles. The van der Waals surface area contributed by atoms with Crippen molar-refractivity contribution >= 4 is 50.0 Å². The van der Waals surface area contributed by atoms with Crippen LogP contribution in [-0.4, -0.2) is 59.9 Å². The van der Waals surface area contributed by atoms with E-state index >= 15 is 0 Å². The summed E-state index contributed by atoms with van der Waals surface area (Å²) in [6.45, 7) is 3.50. The monoisotopic (exact) mass is 643 g/mol. The van der Waals surface area contributed by atoms with Gasteiger partial charge in [0.05, 0.1) is 17.0 Å². The highest BCUT2D eigenvalue weighted by atomic mass is 32.2. The van der Waals surface area contributed by atoms with Gasteiger partial charge in [0.2, 0.25) is 21.8 Å². The lowest BCUT2D eigenvalue weighted by Gasteiger charge is -2.40. The Bertz CT molecular complexity index is 1490. The van der Waals surface area contributed by atoms with Crippen molar-refractivity contribution in [2.75, 3.05) is 11.9 Å². The van der Waals surface area contributed by atoms with Gasteiger partial charge in [0.25, 0.3) is 11.8 Å². The minimum absolute atomic E-state index is 0.00525. The van der Waals surface area contributed by atoms with Crippen LogP contribution in [0.25, 0.3) is 0 Å². The van der Waals surface area contributed by atoms with Crippen molar-refractivity contribution in [3.63, 3.8) is 0 Å². The lowest BCUT2D eigenvalue weighted by Crippen LogP contribution is -2.48. The molecule has 2 saturated carbocycles. The molecule has 0 bridgehead atoms. The molecule has 0 radical (unpaired) electrons. The summed E-state index contributed by atoms with van der Waals surface area (Å²) in [5.41, 5.74) is 5.87. The zero-order chi connectivity index (χ0) is 31.4. The number of anilines is 1. The predicted molar refractivity (Wildman–Crippen MR) is 168 cm³/mol. The third-order valence-corrected chi connectivity index (χ3v) is 12.0. The SMILES string of the molecule is CC(=O)NNC(=O)c1c(NC(=O)c2ccc(S(=O)(=O)N(C3CCCCC3)C3CCCCC3)cc2)sc2c1CCN(C(C)=O)C2. The fraction of sp³-hybridized carbons (Fsp3) is 0.548. The number of nitrogens with zero attached hydrogens (tertiary/aromatic N) is 2. The van der Waals surface area contributed by atoms with Crippen molar-refractivity contribution in [2.45, 2.75) is 108 Å². The number of rotatable bonds is 7. The van der Waals surface area contributed by atoms with E-state index in [1.54, 1.807) is 9.21 Å². The van der Waals surface area contributed by atoms with E-state index in [0.29, 0.717) is 24.5 Å². The Morgan fingerprint density at radius 1 is 0.841 bits per heavy atom. The topological polar surface area (TPSA) is 145 Å². The second-order valence-electron chi connectivity index (χ2n) is 11.9. The van der Waals surface area contributed by atoms with Crippen molar-refractivity contribution in [3.05, 3.63) is 45.8 Å². The first-order valence-corrected chi connectivity index (χ1v) is 17.7. The Labute approximate surface area is 262 Å². The first-order valence-electron chi connectivity index (χ1n) is 15.5. The zero-order valence-corrected chi connectivity index (χ0v) is 26.9. The van der Waals surface area contributed by atoms with Gasteiger partial charge in [-0.2, -0.15) is 4.31 Å². The van der Waals surface area contributed by atoms with Crippen molar-refractivity contribution in [3.8, 4) is 0 Å². The van der Waals surface area contributed by atoms with E-state index < -0.39 is 27.7 Å². The number of hydrogen-bond acceptors (Lipinski definition) is 7. The minimum atomic E-state index is -3.76. The van der Waals surface area contributed by atoms with Crippen molar-refractivity contribution in [1.29, 1.82) is 0 Å². The average molecular weight is 644 g/mol. The molecule has 2 fully saturated rings. The van der Waals surface area contributed by atoms with Gasteiger partial charge in [0, 0.05) is 42.9 Å². The summed E-state index contributed by atoms with van der Waals surface area (Å²) in [6.07, 6.45) is 10.3. The molecule has 0 saturated heterocycles. The number of nitrogens with one attached hydrogen (secondary N) is 3. The molecule has 5 rings (SSSR count). The van der Waals surface area contributed by atoms with Gasteiger partial charge in [-0.25, -0.2) is 8.42 Å². The van der Waals surface area contributed by atoms with Crippen LogP contribution < -0.4 is 16.2 Å². The minimum Gasteiger partial charge on any atom is -0.337 e. The number of benzene rings is 1. The highest BCUT2D eigenvalue weighted by Gasteiger charge is 2.38. The molecule has 3 aliphatic rings. The van der Waals surface area contributed by atoms with Crippen LogP contribution in [0.1, 0.15) is 109 Å². The van der Waals surface area contributed by atoms with E-state index in [1.165, 1.54) is 49.4 Å². The molecule has 4 amide bonds. The molecule has 0 unspecified atom stereocenters. The van der Waals surface area contributed by atoms with E-state index in [9.17, 15) is 27.6 Å². The third-order valence-electron chi connectivity index (χ3n) is 8.87. The quantitative estimate of drug-likeness (QED) is 0.383. The Kier molecular flexibility index (Phi) is 10.1. The number of hydrazine groups is 1.